The van der Waals surface area contributed by atoms with E-state index in [0.717, 1.165) is 52.0 Å². The standard InChI is InChI=1S/C24H24ClN5O2S/c1-32-19-10-8-16(9-11-19)21-15-30-23(27-21)33-24(28-30)29-12-4-6-18(14-29)22(31)26-13-17-5-2-3-7-20(17)25/h2-3,5,7-11,15,18H,4,6,12-14H2,1H3,(H,26,31)/t18-/m0/s1. The van der Waals surface area contributed by atoms with E-state index in [0.29, 0.717) is 18.1 Å². The average molecular weight is 482 g/mol. The maximum absolute atomic E-state index is 12.8. The van der Waals surface area contributed by atoms with Gasteiger partial charge in [0.05, 0.1) is 24.9 Å². The fraction of sp³-hybridized carbons (Fsp3) is 0.292. The third kappa shape index (κ3) is 4.67. The Morgan fingerprint density at radius 1 is 1.24 bits per heavy atom. The van der Waals surface area contributed by atoms with Crippen LogP contribution in [0.25, 0.3) is 16.2 Å². The van der Waals surface area contributed by atoms with Crippen molar-refractivity contribution in [3.8, 4) is 17.0 Å². The van der Waals surface area contributed by atoms with Crippen molar-refractivity contribution in [3.05, 3.63) is 65.3 Å². The number of hydrogen-bond acceptors (Lipinski definition) is 6. The van der Waals surface area contributed by atoms with Crippen LogP contribution in [0.1, 0.15) is 18.4 Å². The van der Waals surface area contributed by atoms with Crippen molar-refractivity contribution in [3.63, 3.8) is 0 Å². The Kier molecular flexibility index (Phi) is 6.20. The summed E-state index contributed by atoms with van der Waals surface area (Å²) in [6.07, 6.45) is 3.76. The van der Waals surface area contributed by atoms with Gasteiger partial charge in [-0.25, -0.2) is 9.50 Å². The number of halogens is 1. The molecule has 1 N–H and O–H groups in total. The van der Waals surface area contributed by atoms with Gasteiger partial charge in [0.25, 0.3) is 0 Å². The van der Waals surface area contributed by atoms with Crippen molar-refractivity contribution >= 4 is 38.9 Å². The monoisotopic (exact) mass is 481 g/mol. The van der Waals surface area contributed by atoms with Crippen LogP contribution in [-0.4, -0.2) is 40.7 Å². The largest absolute Gasteiger partial charge is 0.497 e. The maximum Gasteiger partial charge on any atom is 0.225 e. The topological polar surface area (TPSA) is 71.8 Å². The van der Waals surface area contributed by atoms with E-state index in [2.05, 4.69) is 10.2 Å². The van der Waals surface area contributed by atoms with Crippen LogP contribution in [0.5, 0.6) is 5.75 Å². The third-order valence-electron chi connectivity index (χ3n) is 5.89. The van der Waals surface area contributed by atoms with Gasteiger partial charge in [0.2, 0.25) is 16.0 Å². The molecule has 1 amide bonds. The average Bonchev–Trinajstić information content (AvgIpc) is 3.43. The Balaban J connectivity index is 1.25. The molecule has 0 aliphatic carbocycles. The molecule has 0 unspecified atom stereocenters. The Bertz CT molecular complexity index is 1240. The fourth-order valence-corrected chi connectivity index (χ4v) is 5.17. The molecule has 5 rings (SSSR count). The van der Waals surface area contributed by atoms with Gasteiger partial charge in [0, 0.05) is 30.2 Å². The molecule has 1 aliphatic heterocycles. The van der Waals surface area contributed by atoms with Gasteiger partial charge in [0.1, 0.15) is 5.75 Å². The zero-order chi connectivity index (χ0) is 22.8. The summed E-state index contributed by atoms with van der Waals surface area (Å²) in [4.78, 5) is 20.6. The number of piperidine rings is 1. The first-order valence-electron chi connectivity index (χ1n) is 10.9. The number of carbonyl (C=O) groups excluding carboxylic acids is 1. The molecular formula is C24H24ClN5O2S. The van der Waals surface area contributed by atoms with Gasteiger partial charge in [-0.05, 0) is 48.7 Å². The molecule has 0 saturated carbocycles. The summed E-state index contributed by atoms with van der Waals surface area (Å²) in [5, 5.41) is 9.34. The van der Waals surface area contributed by atoms with Gasteiger partial charge < -0.3 is 15.0 Å². The van der Waals surface area contributed by atoms with Gasteiger partial charge in [0.15, 0.2) is 0 Å². The highest BCUT2D eigenvalue weighted by atomic mass is 35.5. The maximum atomic E-state index is 12.8. The highest BCUT2D eigenvalue weighted by Crippen LogP contribution is 2.30. The minimum Gasteiger partial charge on any atom is -0.497 e. The van der Waals surface area contributed by atoms with Crippen molar-refractivity contribution in [1.82, 2.24) is 19.9 Å². The Hall–Kier alpha value is -3.10. The number of carbonyl (C=O) groups is 1. The number of nitrogens with one attached hydrogen (secondary N) is 1. The Morgan fingerprint density at radius 2 is 2.06 bits per heavy atom. The molecule has 1 aliphatic rings. The number of fused-ring (bicyclic) bond motifs is 1. The predicted octanol–water partition coefficient (Wildman–Crippen LogP) is 4.65. The van der Waals surface area contributed by atoms with E-state index in [4.69, 9.17) is 26.4 Å². The van der Waals surface area contributed by atoms with Crippen LogP contribution in [0, 0.1) is 5.92 Å². The second-order valence-corrected chi connectivity index (χ2v) is 9.40. The summed E-state index contributed by atoms with van der Waals surface area (Å²) < 4.78 is 7.04. The molecule has 2 aromatic carbocycles. The number of anilines is 1. The molecule has 33 heavy (non-hydrogen) atoms. The van der Waals surface area contributed by atoms with Crippen LogP contribution < -0.4 is 15.0 Å². The van der Waals surface area contributed by atoms with Crippen molar-refractivity contribution in [2.45, 2.75) is 19.4 Å². The summed E-state index contributed by atoms with van der Waals surface area (Å²) in [5.74, 6) is 0.797. The number of methoxy groups -OCH3 is 1. The lowest BCUT2D eigenvalue weighted by Gasteiger charge is -2.31. The number of nitrogens with zero attached hydrogens (tertiary/aromatic N) is 4. The lowest BCUT2D eigenvalue weighted by molar-refractivity contribution is -0.125. The molecule has 1 atom stereocenters. The van der Waals surface area contributed by atoms with E-state index in [-0.39, 0.29) is 11.8 Å². The zero-order valence-electron chi connectivity index (χ0n) is 18.2. The molecule has 1 fully saturated rings. The summed E-state index contributed by atoms with van der Waals surface area (Å²) in [6.45, 7) is 1.97. The molecule has 170 valence electrons. The Morgan fingerprint density at radius 3 is 2.82 bits per heavy atom. The van der Waals surface area contributed by atoms with Crippen molar-refractivity contribution in [2.75, 3.05) is 25.1 Å². The third-order valence-corrected chi connectivity index (χ3v) is 7.24. The second-order valence-electron chi connectivity index (χ2n) is 8.06. The number of rotatable bonds is 6. The van der Waals surface area contributed by atoms with Crippen LogP contribution in [0.3, 0.4) is 0 Å². The lowest BCUT2D eigenvalue weighted by atomic mass is 9.97. The lowest BCUT2D eigenvalue weighted by Crippen LogP contribution is -2.43. The number of benzene rings is 2. The first-order chi connectivity index (χ1) is 16.1. The number of aromatic nitrogens is 3. The van der Waals surface area contributed by atoms with Gasteiger partial charge in [-0.3, -0.25) is 4.79 Å². The quantitative estimate of drug-likeness (QED) is 0.434. The minimum atomic E-state index is -0.0766. The summed E-state index contributed by atoms with van der Waals surface area (Å²) >= 11 is 7.75. The van der Waals surface area contributed by atoms with Crippen LogP contribution in [0.2, 0.25) is 5.02 Å². The van der Waals surface area contributed by atoms with Crippen LogP contribution in [0.15, 0.2) is 54.7 Å². The Labute approximate surface area is 201 Å². The molecule has 2 aromatic heterocycles. The zero-order valence-corrected chi connectivity index (χ0v) is 19.8. The van der Waals surface area contributed by atoms with E-state index in [1.165, 1.54) is 0 Å². The molecule has 3 heterocycles. The van der Waals surface area contributed by atoms with E-state index < -0.39 is 0 Å². The van der Waals surface area contributed by atoms with Gasteiger partial charge in [-0.2, -0.15) is 0 Å². The van der Waals surface area contributed by atoms with Crippen molar-refractivity contribution in [2.24, 2.45) is 5.92 Å². The van der Waals surface area contributed by atoms with Crippen LogP contribution in [0.4, 0.5) is 5.13 Å². The van der Waals surface area contributed by atoms with Crippen molar-refractivity contribution in [1.29, 1.82) is 0 Å². The van der Waals surface area contributed by atoms with E-state index in [9.17, 15) is 4.79 Å². The van der Waals surface area contributed by atoms with Crippen molar-refractivity contribution < 1.29 is 9.53 Å². The first-order valence-corrected chi connectivity index (χ1v) is 12.1. The SMILES string of the molecule is COc1ccc(-c2cn3nc(N4CCC[C@H](C(=O)NCc5ccccc5Cl)C4)sc3n2)cc1. The van der Waals surface area contributed by atoms with Crippen LogP contribution in [-0.2, 0) is 11.3 Å². The number of amides is 1. The van der Waals surface area contributed by atoms with Crippen LogP contribution >= 0.6 is 22.9 Å². The smallest absolute Gasteiger partial charge is 0.225 e. The molecule has 9 heteroatoms. The fourth-order valence-electron chi connectivity index (χ4n) is 4.05. The predicted molar refractivity (Wildman–Crippen MR) is 131 cm³/mol. The number of imidazole rings is 1. The highest BCUT2D eigenvalue weighted by Gasteiger charge is 2.28. The van der Waals surface area contributed by atoms with Gasteiger partial charge >= 0.3 is 0 Å². The van der Waals surface area contributed by atoms with E-state index in [1.54, 1.807) is 18.4 Å². The summed E-state index contributed by atoms with van der Waals surface area (Å²) in [7, 11) is 1.65. The normalized spacial score (nSPS) is 16.2. The minimum absolute atomic E-state index is 0.0581. The summed E-state index contributed by atoms with van der Waals surface area (Å²) in [5.41, 5.74) is 2.82. The summed E-state index contributed by atoms with van der Waals surface area (Å²) in [6, 6.07) is 15.4. The molecule has 4 aromatic rings. The van der Waals surface area contributed by atoms with Gasteiger partial charge in [-0.1, -0.05) is 41.1 Å². The van der Waals surface area contributed by atoms with Gasteiger partial charge in [-0.15, -0.1) is 5.10 Å². The van der Waals surface area contributed by atoms with E-state index >= 15 is 0 Å². The first kappa shape index (κ1) is 21.7. The molecule has 0 bridgehead atoms. The van der Waals surface area contributed by atoms with E-state index in [1.807, 2.05) is 59.2 Å². The highest BCUT2D eigenvalue weighted by molar-refractivity contribution is 7.20. The molecule has 0 spiro atoms. The second kappa shape index (κ2) is 9.41. The number of hydrogen-bond donors (Lipinski definition) is 1. The number of ether oxygens (including phenoxy) is 1. The molecule has 0 radical (unpaired) electrons. The molecular weight excluding hydrogens is 458 g/mol. The molecule has 1 saturated heterocycles. The molecule has 7 nitrogen and oxygen atoms in total.